The van der Waals surface area contributed by atoms with Crippen molar-refractivity contribution < 1.29 is 9.53 Å². The van der Waals surface area contributed by atoms with E-state index in [0.717, 1.165) is 6.54 Å². The highest BCUT2D eigenvalue weighted by molar-refractivity contribution is 5.79. The molecule has 0 saturated carbocycles. The number of ether oxygens (including phenoxy) is 1. The monoisotopic (exact) mass is 201 g/mol. The standard InChI is InChI=1S/C9H19N3O2/c1-2-11-8-6-14-5-7(8)9(13)12-4-3-10/h7-8,11H,2-6,10H2,1H3,(H,12,13). The Morgan fingerprint density at radius 2 is 2.36 bits per heavy atom. The highest BCUT2D eigenvalue weighted by atomic mass is 16.5. The minimum absolute atomic E-state index is 0.0406. The van der Waals surface area contributed by atoms with Gasteiger partial charge in [-0.15, -0.1) is 0 Å². The average Bonchev–Trinajstić information content (AvgIpc) is 2.63. The van der Waals surface area contributed by atoms with E-state index in [2.05, 4.69) is 10.6 Å². The Hall–Kier alpha value is -0.650. The van der Waals surface area contributed by atoms with Crippen LogP contribution in [-0.2, 0) is 9.53 Å². The van der Waals surface area contributed by atoms with Gasteiger partial charge in [0.05, 0.1) is 19.1 Å². The van der Waals surface area contributed by atoms with Crippen LogP contribution in [0.25, 0.3) is 0 Å². The highest BCUT2D eigenvalue weighted by Gasteiger charge is 2.32. The molecule has 2 atom stereocenters. The maximum absolute atomic E-state index is 11.6. The first-order valence-electron chi connectivity index (χ1n) is 5.08. The van der Waals surface area contributed by atoms with Gasteiger partial charge in [-0.1, -0.05) is 6.92 Å². The molecule has 5 nitrogen and oxygen atoms in total. The van der Waals surface area contributed by atoms with E-state index in [4.69, 9.17) is 10.5 Å². The number of nitrogens with one attached hydrogen (secondary N) is 2. The van der Waals surface area contributed by atoms with Gasteiger partial charge >= 0.3 is 0 Å². The molecule has 0 aromatic rings. The van der Waals surface area contributed by atoms with Gasteiger partial charge in [0.25, 0.3) is 0 Å². The van der Waals surface area contributed by atoms with Gasteiger partial charge in [0.1, 0.15) is 0 Å². The minimum Gasteiger partial charge on any atom is -0.379 e. The zero-order chi connectivity index (χ0) is 10.4. The average molecular weight is 201 g/mol. The molecule has 0 spiro atoms. The lowest BCUT2D eigenvalue weighted by Crippen LogP contribution is -2.44. The second-order valence-electron chi connectivity index (χ2n) is 3.39. The molecule has 0 aromatic carbocycles. The largest absolute Gasteiger partial charge is 0.379 e. The van der Waals surface area contributed by atoms with Crippen molar-refractivity contribution in [3.8, 4) is 0 Å². The van der Waals surface area contributed by atoms with E-state index < -0.39 is 0 Å². The second-order valence-corrected chi connectivity index (χ2v) is 3.39. The Balaban J connectivity index is 2.36. The maximum atomic E-state index is 11.6. The summed E-state index contributed by atoms with van der Waals surface area (Å²) in [6.07, 6.45) is 0. The summed E-state index contributed by atoms with van der Waals surface area (Å²) in [5.41, 5.74) is 5.31. The van der Waals surface area contributed by atoms with Crippen LogP contribution in [0.4, 0.5) is 0 Å². The number of likely N-dealkylation sites (N-methyl/N-ethyl adjacent to an activating group) is 1. The fraction of sp³-hybridized carbons (Fsp3) is 0.889. The zero-order valence-electron chi connectivity index (χ0n) is 8.58. The lowest BCUT2D eigenvalue weighted by Gasteiger charge is -2.17. The molecule has 1 amide bonds. The van der Waals surface area contributed by atoms with Gasteiger partial charge in [-0.3, -0.25) is 4.79 Å². The molecule has 1 saturated heterocycles. The van der Waals surface area contributed by atoms with Crippen LogP contribution in [0, 0.1) is 5.92 Å². The zero-order valence-corrected chi connectivity index (χ0v) is 8.58. The minimum atomic E-state index is -0.0681. The van der Waals surface area contributed by atoms with Crippen molar-refractivity contribution >= 4 is 5.91 Å². The highest BCUT2D eigenvalue weighted by Crippen LogP contribution is 2.13. The van der Waals surface area contributed by atoms with E-state index in [1.54, 1.807) is 0 Å². The number of rotatable bonds is 5. The third-order valence-electron chi connectivity index (χ3n) is 2.33. The molecule has 0 radical (unpaired) electrons. The van der Waals surface area contributed by atoms with Crippen LogP contribution in [0.15, 0.2) is 0 Å². The predicted molar refractivity (Wildman–Crippen MR) is 53.8 cm³/mol. The number of hydrogen-bond acceptors (Lipinski definition) is 4. The van der Waals surface area contributed by atoms with Crippen molar-refractivity contribution in [3.05, 3.63) is 0 Å². The number of carbonyl (C=O) groups excluding carboxylic acids is 1. The van der Waals surface area contributed by atoms with Crippen molar-refractivity contribution in [1.82, 2.24) is 10.6 Å². The predicted octanol–water partition coefficient (Wildman–Crippen LogP) is -1.31. The molecule has 1 fully saturated rings. The molecule has 1 rings (SSSR count). The normalized spacial score (nSPS) is 26.4. The third-order valence-corrected chi connectivity index (χ3v) is 2.33. The Morgan fingerprint density at radius 3 is 3.00 bits per heavy atom. The summed E-state index contributed by atoms with van der Waals surface area (Å²) in [4.78, 5) is 11.6. The van der Waals surface area contributed by atoms with Gasteiger partial charge in [-0.05, 0) is 6.54 Å². The van der Waals surface area contributed by atoms with Gasteiger partial charge < -0.3 is 21.1 Å². The summed E-state index contributed by atoms with van der Waals surface area (Å²) in [7, 11) is 0. The Bertz CT molecular complexity index is 187. The number of amides is 1. The summed E-state index contributed by atoms with van der Waals surface area (Å²) in [5.74, 6) is -0.0274. The summed E-state index contributed by atoms with van der Waals surface area (Å²) in [5, 5.41) is 6.01. The first kappa shape index (κ1) is 11.4. The van der Waals surface area contributed by atoms with Crippen molar-refractivity contribution in [1.29, 1.82) is 0 Å². The first-order valence-corrected chi connectivity index (χ1v) is 5.08. The fourth-order valence-corrected chi connectivity index (χ4v) is 1.60. The van der Waals surface area contributed by atoms with Crippen molar-refractivity contribution in [2.75, 3.05) is 32.8 Å². The molecule has 1 aliphatic heterocycles. The Morgan fingerprint density at radius 1 is 1.57 bits per heavy atom. The summed E-state index contributed by atoms with van der Waals surface area (Å²) < 4.78 is 5.27. The molecular formula is C9H19N3O2. The molecule has 5 heteroatoms. The van der Waals surface area contributed by atoms with Crippen LogP contribution in [0.3, 0.4) is 0 Å². The van der Waals surface area contributed by atoms with E-state index in [1.807, 2.05) is 6.92 Å². The molecule has 1 aliphatic rings. The van der Waals surface area contributed by atoms with Gasteiger partial charge in [-0.2, -0.15) is 0 Å². The number of carbonyl (C=O) groups is 1. The van der Waals surface area contributed by atoms with Gasteiger partial charge in [0.2, 0.25) is 5.91 Å². The van der Waals surface area contributed by atoms with Crippen molar-refractivity contribution in [3.63, 3.8) is 0 Å². The number of nitrogens with two attached hydrogens (primary N) is 1. The number of hydrogen-bond donors (Lipinski definition) is 3. The Kier molecular flexibility index (Phi) is 4.86. The second kappa shape index (κ2) is 5.95. The van der Waals surface area contributed by atoms with E-state index in [0.29, 0.717) is 26.3 Å². The van der Waals surface area contributed by atoms with Gasteiger partial charge in [0, 0.05) is 19.1 Å². The van der Waals surface area contributed by atoms with E-state index >= 15 is 0 Å². The maximum Gasteiger partial charge on any atom is 0.227 e. The van der Waals surface area contributed by atoms with E-state index in [1.165, 1.54) is 0 Å². The summed E-state index contributed by atoms with van der Waals surface area (Å²) in [6.45, 7) is 5.02. The fourth-order valence-electron chi connectivity index (χ4n) is 1.60. The topological polar surface area (TPSA) is 76.4 Å². The van der Waals surface area contributed by atoms with E-state index in [-0.39, 0.29) is 17.9 Å². The summed E-state index contributed by atoms with van der Waals surface area (Å²) >= 11 is 0. The van der Waals surface area contributed by atoms with Crippen LogP contribution in [0.5, 0.6) is 0 Å². The lowest BCUT2D eigenvalue weighted by molar-refractivity contribution is -0.125. The SMILES string of the molecule is CCNC1COCC1C(=O)NCCN. The molecule has 0 aromatic heterocycles. The van der Waals surface area contributed by atoms with Crippen LogP contribution in [0.1, 0.15) is 6.92 Å². The van der Waals surface area contributed by atoms with Gasteiger partial charge in [0.15, 0.2) is 0 Å². The van der Waals surface area contributed by atoms with E-state index in [9.17, 15) is 4.79 Å². The first-order chi connectivity index (χ1) is 6.79. The smallest absolute Gasteiger partial charge is 0.227 e. The molecule has 14 heavy (non-hydrogen) atoms. The molecule has 2 unspecified atom stereocenters. The molecule has 1 heterocycles. The Labute approximate surface area is 84.4 Å². The van der Waals surface area contributed by atoms with Crippen LogP contribution >= 0.6 is 0 Å². The van der Waals surface area contributed by atoms with Crippen LogP contribution < -0.4 is 16.4 Å². The molecule has 82 valence electrons. The van der Waals surface area contributed by atoms with Gasteiger partial charge in [-0.25, -0.2) is 0 Å². The molecular weight excluding hydrogens is 182 g/mol. The van der Waals surface area contributed by atoms with Crippen LogP contribution in [0.2, 0.25) is 0 Å². The van der Waals surface area contributed by atoms with Crippen molar-refractivity contribution in [2.45, 2.75) is 13.0 Å². The third kappa shape index (κ3) is 2.94. The molecule has 0 bridgehead atoms. The van der Waals surface area contributed by atoms with Crippen LogP contribution in [-0.4, -0.2) is 44.8 Å². The quantitative estimate of drug-likeness (QED) is 0.516. The summed E-state index contributed by atoms with van der Waals surface area (Å²) in [6, 6.07) is 0.151. The van der Waals surface area contributed by atoms with Crippen molar-refractivity contribution in [2.24, 2.45) is 11.7 Å². The molecule has 4 N–H and O–H groups in total. The lowest BCUT2D eigenvalue weighted by atomic mass is 10.0. The molecule has 0 aliphatic carbocycles.